The maximum atomic E-state index is 6.30. The Balaban J connectivity index is 1.88. The van der Waals surface area contributed by atoms with Gasteiger partial charge in [0, 0.05) is 30.4 Å². The topological polar surface area (TPSA) is 43.4 Å². The first-order valence-corrected chi connectivity index (χ1v) is 7.29. The van der Waals surface area contributed by atoms with Crippen LogP contribution in [0.3, 0.4) is 0 Å². The molecule has 0 aliphatic carbocycles. The molecule has 4 heteroatoms. The number of ether oxygens (including phenoxy) is 2. The number of para-hydroxylation sites is 2. The summed E-state index contributed by atoms with van der Waals surface area (Å²) in [4.78, 5) is 4.23. The Labute approximate surface area is 125 Å². The normalized spacial score (nSPS) is 19.2. The van der Waals surface area contributed by atoms with E-state index in [1.165, 1.54) is 0 Å². The first kappa shape index (κ1) is 13.9. The van der Waals surface area contributed by atoms with Gasteiger partial charge in [0.25, 0.3) is 0 Å². The van der Waals surface area contributed by atoms with E-state index in [0.717, 1.165) is 36.6 Å². The predicted octanol–water partition coefficient (Wildman–Crippen LogP) is 2.82. The van der Waals surface area contributed by atoms with Crippen molar-refractivity contribution in [1.29, 1.82) is 0 Å². The Morgan fingerprint density at radius 2 is 2.05 bits per heavy atom. The molecule has 2 aromatic rings. The summed E-state index contributed by atoms with van der Waals surface area (Å²) in [6.45, 7) is 2.01. The van der Waals surface area contributed by atoms with Gasteiger partial charge in [0.15, 0.2) is 11.5 Å². The number of rotatable bonds is 5. The van der Waals surface area contributed by atoms with E-state index in [0.29, 0.717) is 5.92 Å². The number of aromatic nitrogens is 1. The van der Waals surface area contributed by atoms with Crippen molar-refractivity contribution in [2.24, 2.45) is 5.92 Å². The summed E-state index contributed by atoms with van der Waals surface area (Å²) in [5.41, 5.74) is 1.11. The van der Waals surface area contributed by atoms with Crippen molar-refractivity contribution in [2.75, 3.05) is 20.2 Å². The SMILES string of the molecule is COc1ccccc1O[C@@H](c1cccnc1)[C@H]1CCNC1. The lowest BCUT2D eigenvalue weighted by atomic mass is 9.96. The van der Waals surface area contributed by atoms with E-state index in [4.69, 9.17) is 9.47 Å². The molecule has 0 saturated carbocycles. The predicted molar refractivity (Wildman–Crippen MR) is 81.6 cm³/mol. The zero-order valence-electron chi connectivity index (χ0n) is 12.2. The van der Waals surface area contributed by atoms with E-state index >= 15 is 0 Å². The van der Waals surface area contributed by atoms with Gasteiger partial charge in [-0.2, -0.15) is 0 Å². The van der Waals surface area contributed by atoms with Crippen LogP contribution in [0.4, 0.5) is 0 Å². The van der Waals surface area contributed by atoms with Gasteiger partial charge in [-0.3, -0.25) is 4.98 Å². The molecule has 1 aromatic heterocycles. The molecule has 110 valence electrons. The van der Waals surface area contributed by atoms with Gasteiger partial charge in [0.2, 0.25) is 0 Å². The number of pyridine rings is 1. The van der Waals surface area contributed by atoms with Gasteiger partial charge in [-0.15, -0.1) is 0 Å². The smallest absolute Gasteiger partial charge is 0.162 e. The second-order valence-corrected chi connectivity index (χ2v) is 5.23. The van der Waals surface area contributed by atoms with E-state index in [9.17, 15) is 0 Å². The van der Waals surface area contributed by atoms with Crippen LogP contribution in [0.15, 0.2) is 48.8 Å². The van der Waals surface area contributed by atoms with Crippen molar-refractivity contribution in [3.63, 3.8) is 0 Å². The van der Waals surface area contributed by atoms with E-state index < -0.39 is 0 Å². The molecule has 1 saturated heterocycles. The van der Waals surface area contributed by atoms with Crippen LogP contribution in [0.5, 0.6) is 11.5 Å². The van der Waals surface area contributed by atoms with Gasteiger partial charge in [0.1, 0.15) is 6.10 Å². The quantitative estimate of drug-likeness (QED) is 0.917. The van der Waals surface area contributed by atoms with Crippen molar-refractivity contribution in [3.05, 3.63) is 54.4 Å². The highest BCUT2D eigenvalue weighted by atomic mass is 16.5. The maximum absolute atomic E-state index is 6.30. The number of nitrogens with zero attached hydrogens (tertiary/aromatic N) is 1. The van der Waals surface area contributed by atoms with E-state index in [1.807, 2.05) is 36.5 Å². The second-order valence-electron chi connectivity index (χ2n) is 5.23. The van der Waals surface area contributed by atoms with E-state index in [2.05, 4.69) is 16.4 Å². The number of hydrogen-bond acceptors (Lipinski definition) is 4. The molecule has 1 aliphatic heterocycles. The third-order valence-electron chi connectivity index (χ3n) is 3.86. The van der Waals surface area contributed by atoms with Crippen LogP contribution in [0.2, 0.25) is 0 Å². The number of benzene rings is 1. The van der Waals surface area contributed by atoms with Gasteiger partial charge < -0.3 is 14.8 Å². The molecule has 1 N–H and O–H groups in total. The summed E-state index contributed by atoms with van der Waals surface area (Å²) in [5, 5.41) is 3.41. The summed E-state index contributed by atoms with van der Waals surface area (Å²) in [6.07, 6.45) is 4.77. The minimum Gasteiger partial charge on any atom is -0.493 e. The molecule has 4 nitrogen and oxygen atoms in total. The van der Waals surface area contributed by atoms with Gasteiger partial charge in [-0.05, 0) is 31.2 Å². The molecule has 2 atom stereocenters. The van der Waals surface area contributed by atoms with Crippen LogP contribution in [0.25, 0.3) is 0 Å². The zero-order valence-corrected chi connectivity index (χ0v) is 12.2. The van der Waals surface area contributed by atoms with Gasteiger partial charge in [-0.1, -0.05) is 18.2 Å². The average Bonchev–Trinajstić information content (AvgIpc) is 3.08. The Bertz CT molecular complexity index is 568. The van der Waals surface area contributed by atoms with Crippen LogP contribution in [-0.4, -0.2) is 25.2 Å². The lowest BCUT2D eigenvalue weighted by molar-refractivity contribution is 0.139. The number of nitrogens with one attached hydrogen (secondary N) is 1. The molecule has 0 bridgehead atoms. The van der Waals surface area contributed by atoms with E-state index in [1.54, 1.807) is 13.3 Å². The van der Waals surface area contributed by atoms with Crippen LogP contribution in [0.1, 0.15) is 18.1 Å². The third-order valence-corrected chi connectivity index (χ3v) is 3.86. The molecular formula is C17H20N2O2. The molecule has 1 aromatic carbocycles. The summed E-state index contributed by atoms with van der Waals surface area (Å²) < 4.78 is 11.7. The minimum absolute atomic E-state index is 0.00926. The van der Waals surface area contributed by atoms with Crippen molar-refractivity contribution in [3.8, 4) is 11.5 Å². The molecular weight excluding hydrogens is 264 g/mol. The minimum atomic E-state index is -0.00926. The molecule has 0 unspecified atom stereocenters. The first-order valence-electron chi connectivity index (χ1n) is 7.29. The van der Waals surface area contributed by atoms with Crippen molar-refractivity contribution >= 4 is 0 Å². The molecule has 21 heavy (non-hydrogen) atoms. The molecule has 2 heterocycles. The van der Waals surface area contributed by atoms with Crippen molar-refractivity contribution in [1.82, 2.24) is 10.3 Å². The summed E-state index contributed by atoms with van der Waals surface area (Å²) in [7, 11) is 1.67. The monoisotopic (exact) mass is 284 g/mol. The standard InChI is InChI=1S/C17H20N2O2/c1-20-15-6-2-3-7-16(15)21-17(14-8-10-19-12-14)13-5-4-9-18-11-13/h2-7,9,11,14,17,19H,8,10,12H2,1H3/t14-,17-/m0/s1. The molecule has 3 rings (SSSR count). The van der Waals surface area contributed by atoms with Crippen LogP contribution in [0, 0.1) is 5.92 Å². The summed E-state index contributed by atoms with van der Waals surface area (Å²) in [6, 6.07) is 11.8. The Hall–Kier alpha value is -2.07. The molecule has 0 spiro atoms. The van der Waals surface area contributed by atoms with Gasteiger partial charge in [-0.25, -0.2) is 0 Å². The molecule has 1 fully saturated rings. The van der Waals surface area contributed by atoms with E-state index in [-0.39, 0.29) is 6.10 Å². The fourth-order valence-corrected chi connectivity index (χ4v) is 2.77. The highest BCUT2D eigenvalue weighted by Crippen LogP contribution is 2.35. The Kier molecular flexibility index (Phi) is 4.36. The Morgan fingerprint density at radius 1 is 1.19 bits per heavy atom. The molecule has 1 aliphatic rings. The lowest BCUT2D eigenvalue weighted by Gasteiger charge is -2.25. The third kappa shape index (κ3) is 3.16. The lowest BCUT2D eigenvalue weighted by Crippen LogP contribution is -2.21. The fourth-order valence-electron chi connectivity index (χ4n) is 2.77. The number of hydrogen-bond donors (Lipinski definition) is 1. The summed E-state index contributed by atoms with van der Waals surface area (Å²) in [5.74, 6) is 1.98. The summed E-state index contributed by atoms with van der Waals surface area (Å²) >= 11 is 0. The Morgan fingerprint density at radius 3 is 2.71 bits per heavy atom. The fraction of sp³-hybridized carbons (Fsp3) is 0.353. The molecule has 0 amide bonds. The largest absolute Gasteiger partial charge is 0.493 e. The van der Waals surface area contributed by atoms with Crippen molar-refractivity contribution in [2.45, 2.75) is 12.5 Å². The number of methoxy groups -OCH3 is 1. The van der Waals surface area contributed by atoms with Crippen molar-refractivity contribution < 1.29 is 9.47 Å². The van der Waals surface area contributed by atoms with Gasteiger partial charge >= 0.3 is 0 Å². The van der Waals surface area contributed by atoms with Gasteiger partial charge in [0.05, 0.1) is 7.11 Å². The highest BCUT2D eigenvalue weighted by molar-refractivity contribution is 5.40. The average molecular weight is 284 g/mol. The second kappa shape index (κ2) is 6.59. The first-order chi connectivity index (χ1) is 10.4. The highest BCUT2D eigenvalue weighted by Gasteiger charge is 2.28. The maximum Gasteiger partial charge on any atom is 0.162 e. The molecule has 0 radical (unpaired) electrons. The van der Waals surface area contributed by atoms with Crippen LogP contribution < -0.4 is 14.8 Å². The van der Waals surface area contributed by atoms with Crippen LogP contribution >= 0.6 is 0 Å². The van der Waals surface area contributed by atoms with Crippen LogP contribution in [-0.2, 0) is 0 Å². The zero-order chi connectivity index (χ0) is 14.5.